The largest absolute Gasteiger partial charge is 0.307 e. The number of aromatic nitrogens is 1. The molecule has 17 heavy (non-hydrogen) atoms. The monoisotopic (exact) mass is 231 g/mol. The fourth-order valence-corrected chi connectivity index (χ4v) is 2.58. The molecule has 1 aromatic rings. The van der Waals surface area contributed by atoms with E-state index in [2.05, 4.69) is 34.3 Å². The highest BCUT2D eigenvalue weighted by Crippen LogP contribution is 2.29. The third-order valence-corrected chi connectivity index (χ3v) is 3.83. The van der Waals surface area contributed by atoms with Gasteiger partial charge in [0.1, 0.15) is 0 Å². The SMILES string of the molecule is Cc1ccc(CNC2CCN(C3CC3)C2)nc1. The summed E-state index contributed by atoms with van der Waals surface area (Å²) < 4.78 is 0. The van der Waals surface area contributed by atoms with Gasteiger partial charge in [0.15, 0.2) is 0 Å². The van der Waals surface area contributed by atoms with Gasteiger partial charge >= 0.3 is 0 Å². The normalized spacial score (nSPS) is 25.4. The molecule has 1 aliphatic heterocycles. The first kappa shape index (κ1) is 11.2. The second-order valence-corrected chi connectivity index (χ2v) is 5.42. The van der Waals surface area contributed by atoms with Crippen molar-refractivity contribution in [2.24, 2.45) is 0 Å². The first-order chi connectivity index (χ1) is 8.31. The molecule has 92 valence electrons. The van der Waals surface area contributed by atoms with Crippen LogP contribution in [-0.2, 0) is 6.54 Å². The van der Waals surface area contributed by atoms with E-state index in [4.69, 9.17) is 0 Å². The van der Waals surface area contributed by atoms with E-state index in [1.54, 1.807) is 0 Å². The van der Waals surface area contributed by atoms with Gasteiger partial charge in [-0.2, -0.15) is 0 Å². The molecule has 0 amide bonds. The molecule has 3 heteroatoms. The molecular formula is C14H21N3. The molecule has 1 atom stereocenters. The number of aryl methyl sites for hydroxylation is 1. The molecule has 1 aliphatic carbocycles. The van der Waals surface area contributed by atoms with Crippen molar-refractivity contribution in [1.82, 2.24) is 15.2 Å². The molecule has 1 aromatic heterocycles. The van der Waals surface area contributed by atoms with Crippen LogP contribution in [0.15, 0.2) is 18.3 Å². The van der Waals surface area contributed by atoms with Crippen LogP contribution >= 0.6 is 0 Å². The number of likely N-dealkylation sites (tertiary alicyclic amines) is 1. The number of pyridine rings is 1. The molecule has 0 spiro atoms. The van der Waals surface area contributed by atoms with E-state index >= 15 is 0 Å². The van der Waals surface area contributed by atoms with Crippen molar-refractivity contribution in [3.05, 3.63) is 29.6 Å². The predicted molar refractivity (Wildman–Crippen MR) is 68.8 cm³/mol. The molecule has 1 N–H and O–H groups in total. The van der Waals surface area contributed by atoms with Crippen molar-refractivity contribution in [2.75, 3.05) is 13.1 Å². The van der Waals surface area contributed by atoms with Crippen LogP contribution in [0.4, 0.5) is 0 Å². The molecule has 1 saturated carbocycles. The summed E-state index contributed by atoms with van der Waals surface area (Å²) in [6, 6.07) is 5.84. The summed E-state index contributed by atoms with van der Waals surface area (Å²) in [6.45, 7) is 5.50. The van der Waals surface area contributed by atoms with Gasteiger partial charge in [-0.25, -0.2) is 0 Å². The quantitative estimate of drug-likeness (QED) is 0.855. The van der Waals surface area contributed by atoms with Crippen LogP contribution in [0.2, 0.25) is 0 Å². The molecule has 0 aromatic carbocycles. The second-order valence-electron chi connectivity index (χ2n) is 5.42. The average molecular weight is 231 g/mol. The van der Waals surface area contributed by atoms with Gasteiger partial charge in [-0.3, -0.25) is 9.88 Å². The molecule has 2 fully saturated rings. The van der Waals surface area contributed by atoms with Gasteiger partial charge in [-0.05, 0) is 37.8 Å². The molecule has 1 unspecified atom stereocenters. The Morgan fingerprint density at radius 2 is 2.24 bits per heavy atom. The summed E-state index contributed by atoms with van der Waals surface area (Å²) in [5, 5.41) is 3.63. The maximum atomic E-state index is 4.43. The van der Waals surface area contributed by atoms with Crippen molar-refractivity contribution in [1.29, 1.82) is 0 Å². The van der Waals surface area contributed by atoms with Gasteiger partial charge in [0.2, 0.25) is 0 Å². The molecule has 3 nitrogen and oxygen atoms in total. The van der Waals surface area contributed by atoms with Crippen molar-refractivity contribution in [3.63, 3.8) is 0 Å². The van der Waals surface area contributed by atoms with Crippen LogP contribution in [0.25, 0.3) is 0 Å². The first-order valence-electron chi connectivity index (χ1n) is 6.70. The number of hydrogen-bond acceptors (Lipinski definition) is 3. The Labute approximate surface area is 103 Å². The van der Waals surface area contributed by atoms with Crippen molar-refractivity contribution < 1.29 is 0 Å². The van der Waals surface area contributed by atoms with Gasteiger partial charge in [0.25, 0.3) is 0 Å². The molecular weight excluding hydrogens is 210 g/mol. The van der Waals surface area contributed by atoms with Gasteiger partial charge in [0.05, 0.1) is 5.69 Å². The third kappa shape index (κ3) is 2.85. The highest BCUT2D eigenvalue weighted by atomic mass is 15.2. The fourth-order valence-electron chi connectivity index (χ4n) is 2.58. The highest BCUT2D eigenvalue weighted by Gasteiger charge is 2.33. The number of nitrogens with zero attached hydrogens (tertiary/aromatic N) is 2. The van der Waals surface area contributed by atoms with E-state index in [-0.39, 0.29) is 0 Å². The van der Waals surface area contributed by atoms with Crippen molar-refractivity contribution >= 4 is 0 Å². The second kappa shape index (κ2) is 4.75. The van der Waals surface area contributed by atoms with E-state index in [1.165, 1.54) is 37.9 Å². The summed E-state index contributed by atoms with van der Waals surface area (Å²) in [5.74, 6) is 0. The third-order valence-electron chi connectivity index (χ3n) is 3.83. The molecule has 3 rings (SSSR count). The molecule has 0 bridgehead atoms. The smallest absolute Gasteiger partial charge is 0.0541 e. The Balaban J connectivity index is 1.46. The minimum Gasteiger partial charge on any atom is -0.307 e. The highest BCUT2D eigenvalue weighted by molar-refractivity contribution is 5.12. The zero-order valence-electron chi connectivity index (χ0n) is 10.5. The molecule has 0 radical (unpaired) electrons. The molecule has 1 saturated heterocycles. The fraction of sp³-hybridized carbons (Fsp3) is 0.643. The summed E-state index contributed by atoms with van der Waals surface area (Å²) in [7, 11) is 0. The molecule has 2 aliphatic rings. The lowest BCUT2D eigenvalue weighted by atomic mass is 10.2. The van der Waals surface area contributed by atoms with E-state index < -0.39 is 0 Å². The van der Waals surface area contributed by atoms with Crippen molar-refractivity contribution in [3.8, 4) is 0 Å². The molecule has 2 heterocycles. The summed E-state index contributed by atoms with van der Waals surface area (Å²) in [5.41, 5.74) is 2.38. The lowest BCUT2D eigenvalue weighted by Gasteiger charge is -2.15. The van der Waals surface area contributed by atoms with Gasteiger partial charge in [-0.15, -0.1) is 0 Å². The average Bonchev–Trinajstić information content (AvgIpc) is 3.09. The Kier molecular flexibility index (Phi) is 3.12. The van der Waals surface area contributed by atoms with E-state index in [1.807, 2.05) is 6.20 Å². The zero-order chi connectivity index (χ0) is 11.7. The number of rotatable bonds is 4. The van der Waals surface area contributed by atoms with Gasteiger partial charge < -0.3 is 5.32 Å². The Bertz CT molecular complexity index is 370. The minimum atomic E-state index is 0.665. The Morgan fingerprint density at radius 3 is 2.94 bits per heavy atom. The summed E-state index contributed by atoms with van der Waals surface area (Å²) >= 11 is 0. The first-order valence-corrected chi connectivity index (χ1v) is 6.70. The lowest BCUT2D eigenvalue weighted by Crippen LogP contribution is -2.33. The Hall–Kier alpha value is -0.930. The van der Waals surface area contributed by atoms with Gasteiger partial charge in [0, 0.05) is 37.9 Å². The maximum absolute atomic E-state index is 4.43. The van der Waals surface area contributed by atoms with Crippen molar-refractivity contribution in [2.45, 2.75) is 44.8 Å². The predicted octanol–water partition coefficient (Wildman–Crippen LogP) is 1.72. The lowest BCUT2D eigenvalue weighted by molar-refractivity contribution is 0.317. The minimum absolute atomic E-state index is 0.665. The van der Waals surface area contributed by atoms with E-state index in [0.29, 0.717) is 6.04 Å². The standard InChI is InChI=1S/C14H21N3/c1-11-2-3-12(15-8-11)9-16-13-6-7-17(10-13)14-4-5-14/h2-3,8,13-14,16H,4-7,9-10H2,1H3. The summed E-state index contributed by atoms with van der Waals surface area (Å²) in [4.78, 5) is 7.07. The Morgan fingerprint density at radius 1 is 1.35 bits per heavy atom. The van der Waals surface area contributed by atoms with E-state index in [9.17, 15) is 0 Å². The van der Waals surface area contributed by atoms with Crippen LogP contribution in [0.3, 0.4) is 0 Å². The van der Waals surface area contributed by atoms with Crippen LogP contribution in [0.1, 0.15) is 30.5 Å². The maximum Gasteiger partial charge on any atom is 0.0541 e. The van der Waals surface area contributed by atoms with Crippen LogP contribution in [0.5, 0.6) is 0 Å². The number of hydrogen-bond donors (Lipinski definition) is 1. The van der Waals surface area contributed by atoms with Crippen LogP contribution in [-0.4, -0.2) is 35.1 Å². The van der Waals surface area contributed by atoms with E-state index in [0.717, 1.165) is 18.3 Å². The number of nitrogens with one attached hydrogen (secondary N) is 1. The van der Waals surface area contributed by atoms with Gasteiger partial charge in [-0.1, -0.05) is 6.07 Å². The van der Waals surface area contributed by atoms with Crippen LogP contribution < -0.4 is 5.32 Å². The summed E-state index contributed by atoms with van der Waals surface area (Å²) in [6.07, 6.45) is 6.09. The topological polar surface area (TPSA) is 28.2 Å². The van der Waals surface area contributed by atoms with Crippen LogP contribution in [0, 0.1) is 6.92 Å². The zero-order valence-corrected chi connectivity index (χ0v) is 10.5.